The number of nitrogens with one attached hydrogen (secondary N) is 2. The monoisotopic (exact) mass is 294 g/mol. The lowest BCUT2D eigenvalue weighted by Crippen LogP contribution is -2.34. The van der Waals surface area contributed by atoms with E-state index in [1.54, 1.807) is 36.9 Å². The Morgan fingerprint density at radius 3 is 2.95 bits per heavy atom. The van der Waals surface area contributed by atoms with Crippen molar-refractivity contribution in [2.24, 2.45) is 0 Å². The molecule has 0 saturated heterocycles. The Balaban J connectivity index is 2.02. The predicted octanol–water partition coefficient (Wildman–Crippen LogP) is 2.49. The zero-order valence-electron chi connectivity index (χ0n) is 11.7. The van der Waals surface area contributed by atoms with Crippen LogP contribution in [0.5, 0.6) is 5.75 Å². The fourth-order valence-electron chi connectivity index (χ4n) is 1.73. The van der Waals surface area contributed by atoms with Crippen LogP contribution in [0, 0.1) is 0 Å². The van der Waals surface area contributed by atoms with E-state index >= 15 is 0 Å². The van der Waals surface area contributed by atoms with Crippen molar-refractivity contribution < 1.29 is 14.3 Å². The predicted molar refractivity (Wildman–Crippen MR) is 81.4 cm³/mol. The molecule has 2 rings (SSSR count). The first-order chi connectivity index (χ1) is 9.45. The summed E-state index contributed by atoms with van der Waals surface area (Å²) in [6.45, 7) is 5.78. The van der Waals surface area contributed by atoms with Gasteiger partial charge in [0.2, 0.25) is 5.91 Å². The molecular weight excluding hydrogens is 276 g/mol. The van der Waals surface area contributed by atoms with Crippen molar-refractivity contribution in [1.82, 2.24) is 0 Å². The topological polar surface area (TPSA) is 67.4 Å². The van der Waals surface area contributed by atoms with Crippen LogP contribution in [-0.2, 0) is 9.59 Å². The summed E-state index contributed by atoms with van der Waals surface area (Å²) in [4.78, 5) is 23.3. The molecule has 1 aliphatic heterocycles. The molecule has 1 unspecified atom stereocenters. The average molecular weight is 294 g/mol. The first-order valence-corrected chi connectivity index (χ1v) is 7.53. The molecule has 0 spiro atoms. The Morgan fingerprint density at radius 2 is 2.25 bits per heavy atom. The van der Waals surface area contributed by atoms with E-state index in [-0.39, 0.29) is 11.8 Å². The molecule has 108 valence electrons. The number of anilines is 2. The summed E-state index contributed by atoms with van der Waals surface area (Å²) in [7, 11) is 0. The van der Waals surface area contributed by atoms with Crippen molar-refractivity contribution in [1.29, 1.82) is 0 Å². The lowest BCUT2D eigenvalue weighted by Gasteiger charge is -2.23. The first kappa shape index (κ1) is 14.7. The molecule has 1 aliphatic rings. The van der Waals surface area contributed by atoms with Gasteiger partial charge in [-0.3, -0.25) is 9.59 Å². The zero-order chi connectivity index (χ0) is 14.7. The van der Waals surface area contributed by atoms with E-state index in [1.807, 2.05) is 13.8 Å². The van der Waals surface area contributed by atoms with Crippen LogP contribution >= 0.6 is 11.8 Å². The van der Waals surface area contributed by atoms with Crippen molar-refractivity contribution in [3.8, 4) is 5.75 Å². The summed E-state index contributed by atoms with van der Waals surface area (Å²) in [5.74, 6) is 0.789. The molecule has 2 amide bonds. The fourth-order valence-corrected chi connectivity index (χ4v) is 2.28. The third kappa shape index (κ3) is 3.66. The Hall–Kier alpha value is -1.69. The number of hydrogen-bond acceptors (Lipinski definition) is 4. The molecule has 5 nitrogen and oxygen atoms in total. The summed E-state index contributed by atoms with van der Waals surface area (Å²) in [6, 6.07) is 5.22. The molecule has 0 bridgehead atoms. The number of thioether (sulfide) groups is 1. The Kier molecular flexibility index (Phi) is 4.54. The molecule has 1 aromatic carbocycles. The van der Waals surface area contributed by atoms with Crippen LogP contribution in [0.25, 0.3) is 0 Å². The van der Waals surface area contributed by atoms with Crippen LogP contribution in [0.4, 0.5) is 11.4 Å². The molecule has 2 N–H and O–H groups in total. The molecule has 1 atom stereocenters. The zero-order valence-corrected chi connectivity index (χ0v) is 12.5. The van der Waals surface area contributed by atoms with Gasteiger partial charge >= 0.3 is 0 Å². The number of carbonyl (C=O) groups is 2. The molecular formula is C14H18N2O3S. The quantitative estimate of drug-likeness (QED) is 0.895. The Morgan fingerprint density at radius 1 is 1.50 bits per heavy atom. The van der Waals surface area contributed by atoms with Crippen molar-refractivity contribution in [3.63, 3.8) is 0 Å². The van der Waals surface area contributed by atoms with Crippen LogP contribution in [0.2, 0.25) is 0 Å². The minimum absolute atomic E-state index is 0.0555. The van der Waals surface area contributed by atoms with Gasteiger partial charge in [0.05, 0.1) is 11.4 Å². The molecule has 20 heavy (non-hydrogen) atoms. The minimum Gasteiger partial charge on any atom is -0.479 e. The van der Waals surface area contributed by atoms with Crippen LogP contribution in [0.15, 0.2) is 18.2 Å². The van der Waals surface area contributed by atoms with E-state index in [2.05, 4.69) is 10.6 Å². The fraction of sp³-hybridized carbons (Fsp3) is 0.429. The number of fused-ring (bicyclic) bond motifs is 1. The van der Waals surface area contributed by atoms with E-state index in [1.165, 1.54) is 0 Å². The Labute approximate surface area is 122 Å². The highest BCUT2D eigenvalue weighted by atomic mass is 32.2. The van der Waals surface area contributed by atoms with E-state index < -0.39 is 6.10 Å². The second kappa shape index (κ2) is 6.17. The van der Waals surface area contributed by atoms with Crippen molar-refractivity contribution >= 4 is 35.0 Å². The summed E-state index contributed by atoms with van der Waals surface area (Å²) in [5.41, 5.74) is 1.24. The van der Waals surface area contributed by atoms with Gasteiger partial charge in [-0.15, -0.1) is 11.8 Å². The molecule has 1 heterocycles. The van der Waals surface area contributed by atoms with E-state index in [0.717, 1.165) is 0 Å². The first-order valence-electron chi connectivity index (χ1n) is 6.48. The molecule has 6 heteroatoms. The van der Waals surface area contributed by atoms with Gasteiger partial charge in [-0.1, -0.05) is 13.8 Å². The third-order valence-electron chi connectivity index (χ3n) is 2.74. The van der Waals surface area contributed by atoms with Crippen LogP contribution < -0.4 is 15.4 Å². The lowest BCUT2D eigenvalue weighted by molar-refractivity contribution is -0.122. The summed E-state index contributed by atoms with van der Waals surface area (Å²) < 4.78 is 5.45. The van der Waals surface area contributed by atoms with Crippen LogP contribution in [0.3, 0.4) is 0 Å². The SMILES string of the molecule is CC(C)SCC(=O)Nc1ccc2c(c1)NC(=O)C(C)O2. The highest BCUT2D eigenvalue weighted by Crippen LogP contribution is 2.32. The normalized spacial score (nSPS) is 17.2. The van der Waals surface area contributed by atoms with E-state index in [0.29, 0.717) is 28.1 Å². The van der Waals surface area contributed by atoms with Gasteiger partial charge in [0.25, 0.3) is 5.91 Å². The third-order valence-corrected chi connectivity index (χ3v) is 3.84. The second-order valence-electron chi connectivity index (χ2n) is 4.87. The maximum Gasteiger partial charge on any atom is 0.265 e. The van der Waals surface area contributed by atoms with Gasteiger partial charge in [-0.05, 0) is 30.4 Å². The van der Waals surface area contributed by atoms with Gasteiger partial charge in [0, 0.05) is 5.69 Å². The highest BCUT2D eigenvalue weighted by Gasteiger charge is 2.23. The molecule has 0 aromatic heterocycles. The summed E-state index contributed by atoms with van der Waals surface area (Å²) >= 11 is 1.58. The van der Waals surface area contributed by atoms with Gasteiger partial charge in [0.1, 0.15) is 5.75 Å². The lowest BCUT2D eigenvalue weighted by atomic mass is 10.2. The largest absolute Gasteiger partial charge is 0.479 e. The number of ether oxygens (including phenoxy) is 1. The number of rotatable bonds is 4. The van der Waals surface area contributed by atoms with E-state index in [9.17, 15) is 9.59 Å². The molecule has 0 fully saturated rings. The van der Waals surface area contributed by atoms with Crippen LogP contribution in [-0.4, -0.2) is 28.9 Å². The van der Waals surface area contributed by atoms with Crippen molar-refractivity contribution in [2.75, 3.05) is 16.4 Å². The van der Waals surface area contributed by atoms with E-state index in [4.69, 9.17) is 4.74 Å². The smallest absolute Gasteiger partial charge is 0.265 e. The Bertz CT molecular complexity index is 531. The number of amides is 2. The molecule has 0 aliphatic carbocycles. The summed E-state index contributed by atoms with van der Waals surface area (Å²) in [5, 5.41) is 5.98. The standard InChI is InChI=1S/C14H18N2O3S/c1-8(2)20-7-13(17)15-10-4-5-12-11(6-10)16-14(18)9(3)19-12/h4-6,8-9H,7H2,1-3H3,(H,15,17)(H,16,18). The average Bonchev–Trinajstić information content (AvgIpc) is 2.38. The second-order valence-corrected chi connectivity index (χ2v) is 6.43. The maximum absolute atomic E-state index is 11.8. The highest BCUT2D eigenvalue weighted by molar-refractivity contribution is 8.00. The maximum atomic E-state index is 11.8. The van der Waals surface area contributed by atoms with Gasteiger partial charge in [0.15, 0.2) is 6.10 Å². The van der Waals surface area contributed by atoms with Crippen LogP contribution in [0.1, 0.15) is 20.8 Å². The number of carbonyl (C=O) groups excluding carboxylic acids is 2. The number of hydrogen-bond donors (Lipinski definition) is 2. The number of benzene rings is 1. The molecule has 0 radical (unpaired) electrons. The molecule has 1 aromatic rings. The molecule has 0 saturated carbocycles. The van der Waals surface area contributed by atoms with Gasteiger partial charge < -0.3 is 15.4 Å². The minimum atomic E-state index is -0.495. The van der Waals surface area contributed by atoms with Gasteiger partial charge in [-0.2, -0.15) is 0 Å². The van der Waals surface area contributed by atoms with Crippen molar-refractivity contribution in [2.45, 2.75) is 32.1 Å². The van der Waals surface area contributed by atoms with Gasteiger partial charge in [-0.25, -0.2) is 0 Å². The summed E-state index contributed by atoms with van der Waals surface area (Å²) in [6.07, 6.45) is -0.495. The van der Waals surface area contributed by atoms with Crippen molar-refractivity contribution in [3.05, 3.63) is 18.2 Å².